The Labute approximate surface area is 299 Å². The average Bonchev–Trinajstić information content (AvgIpc) is 3.87. The van der Waals surface area contributed by atoms with E-state index < -0.39 is 0 Å². The summed E-state index contributed by atoms with van der Waals surface area (Å²) in [6.45, 7) is 0. The van der Waals surface area contributed by atoms with Gasteiger partial charge in [-0.15, -0.1) is 22.7 Å². The van der Waals surface area contributed by atoms with Gasteiger partial charge in [0, 0.05) is 41.9 Å². The number of thiophene rings is 2. The van der Waals surface area contributed by atoms with Crippen molar-refractivity contribution in [1.82, 2.24) is 14.5 Å². The molecule has 0 bridgehead atoms. The molecule has 3 nitrogen and oxygen atoms in total. The topological polar surface area (TPSA) is 30.7 Å². The molecule has 12 aromatic rings. The van der Waals surface area contributed by atoms with E-state index in [0.717, 1.165) is 38.3 Å². The van der Waals surface area contributed by atoms with Gasteiger partial charge in [-0.05, 0) is 44.5 Å². The Morgan fingerprint density at radius 2 is 1.08 bits per heavy atom. The van der Waals surface area contributed by atoms with Crippen LogP contribution in [-0.4, -0.2) is 14.5 Å². The van der Waals surface area contributed by atoms with Crippen LogP contribution < -0.4 is 0 Å². The molecule has 5 heteroatoms. The van der Waals surface area contributed by atoms with Gasteiger partial charge in [0.15, 0.2) is 5.82 Å². The Hall–Kier alpha value is -6.14. The molecule has 0 N–H and O–H groups in total. The first-order valence-electron chi connectivity index (χ1n) is 17.2. The zero-order chi connectivity index (χ0) is 33.2. The van der Waals surface area contributed by atoms with Crippen LogP contribution in [0.25, 0.3) is 112 Å². The fraction of sp³-hybridized carbons (Fsp3) is 0. The van der Waals surface area contributed by atoms with E-state index in [9.17, 15) is 0 Å². The number of fused-ring (bicyclic) bond motifs is 16. The fourth-order valence-corrected chi connectivity index (χ4v) is 10.8. The van der Waals surface area contributed by atoms with E-state index in [0.29, 0.717) is 0 Å². The number of benzene rings is 8. The molecule has 4 aromatic heterocycles. The van der Waals surface area contributed by atoms with Gasteiger partial charge in [0.1, 0.15) is 16.0 Å². The summed E-state index contributed by atoms with van der Waals surface area (Å²) in [4.78, 5) is 12.2. The van der Waals surface area contributed by atoms with Crippen LogP contribution in [0.15, 0.2) is 152 Å². The molecule has 12 rings (SSSR count). The molecule has 0 saturated carbocycles. The molecule has 0 aliphatic heterocycles. The van der Waals surface area contributed by atoms with Crippen LogP contribution in [0.1, 0.15) is 0 Å². The van der Waals surface area contributed by atoms with Gasteiger partial charge in [-0.3, -0.25) is 4.57 Å². The summed E-state index contributed by atoms with van der Waals surface area (Å²) in [5.41, 5.74) is 5.23. The van der Waals surface area contributed by atoms with Crippen molar-refractivity contribution in [3.63, 3.8) is 0 Å². The molecule has 0 saturated heterocycles. The monoisotopic (exact) mass is 683 g/mol. The van der Waals surface area contributed by atoms with Crippen LogP contribution in [0.4, 0.5) is 0 Å². The van der Waals surface area contributed by atoms with Gasteiger partial charge in [-0.2, -0.15) is 0 Å². The lowest BCUT2D eigenvalue weighted by Crippen LogP contribution is -2.03. The molecule has 0 fully saturated rings. The summed E-state index contributed by atoms with van der Waals surface area (Å²) in [6.07, 6.45) is 0. The maximum absolute atomic E-state index is 5.70. The molecule has 8 aromatic carbocycles. The molecule has 0 atom stereocenters. The van der Waals surface area contributed by atoms with Gasteiger partial charge >= 0.3 is 0 Å². The molecule has 0 aliphatic carbocycles. The number of hydrogen-bond acceptors (Lipinski definition) is 4. The van der Waals surface area contributed by atoms with Gasteiger partial charge in [0.25, 0.3) is 0 Å². The summed E-state index contributed by atoms with van der Waals surface area (Å²) in [5, 5.41) is 13.6. The predicted octanol–water partition coefficient (Wildman–Crippen LogP) is 13.4. The number of rotatable bonds is 2. The average molecular weight is 684 g/mol. The molecule has 236 valence electrons. The van der Waals surface area contributed by atoms with Crippen LogP contribution in [0.2, 0.25) is 0 Å². The SMILES string of the molecule is c1ccc2c(-c3nc4sc5ccccc5c4nc3-n3c4ccccc4c4c5ccccc5c5c6ccc7ccccc7c6sc5c43)cccc2c1. The van der Waals surface area contributed by atoms with Crippen molar-refractivity contribution in [2.24, 2.45) is 0 Å². The molecule has 0 spiro atoms. The Morgan fingerprint density at radius 1 is 0.431 bits per heavy atom. The van der Waals surface area contributed by atoms with E-state index in [1.54, 1.807) is 11.3 Å². The Kier molecular flexibility index (Phi) is 5.53. The molecule has 0 radical (unpaired) electrons. The van der Waals surface area contributed by atoms with E-state index in [1.807, 2.05) is 11.3 Å². The second-order valence-corrected chi connectivity index (χ2v) is 15.3. The van der Waals surface area contributed by atoms with E-state index in [-0.39, 0.29) is 0 Å². The maximum Gasteiger partial charge on any atom is 0.165 e. The minimum Gasteiger partial charge on any atom is -0.290 e. The van der Waals surface area contributed by atoms with Crippen LogP contribution >= 0.6 is 22.7 Å². The molecular weight excluding hydrogens is 659 g/mol. The van der Waals surface area contributed by atoms with Crippen LogP contribution in [0.3, 0.4) is 0 Å². The second kappa shape index (κ2) is 10.2. The van der Waals surface area contributed by atoms with Crippen molar-refractivity contribution in [1.29, 1.82) is 0 Å². The van der Waals surface area contributed by atoms with Crippen LogP contribution in [-0.2, 0) is 0 Å². The van der Waals surface area contributed by atoms with E-state index >= 15 is 0 Å². The normalized spacial score (nSPS) is 12.3. The van der Waals surface area contributed by atoms with Crippen LogP contribution in [0.5, 0.6) is 0 Å². The summed E-state index contributed by atoms with van der Waals surface area (Å²) in [6, 6.07) is 54.9. The van der Waals surface area contributed by atoms with Gasteiger partial charge < -0.3 is 0 Å². The van der Waals surface area contributed by atoms with Crippen molar-refractivity contribution >= 4 is 117 Å². The highest BCUT2D eigenvalue weighted by molar-refractivity contribution is 7.27. The Bertz CT molecular complexity index is 3430. The largest absolute Gasteiger partial charge is 0.290 e. The highest BCUT2D eigenvalue weighted by Crippen LogP contribution is 2.50. The van der Waals surface area contributed by atoms with Crippen LogP contribution in [0, 0.1) is 0 Å². The van der Waals surface area contributed by atoms with Crippen molar-refractivity contribution in [2.75, 3.05) is 0 Å². The molecular formula is C46H25N3S2. The number of aromatic nitrogens is 3. The minimum atomic E-state index is 0.854. The summed E-state index contributed by atoms with van der Waals surface area (Å²) < 4.78 is 6.22. The highest BCUT2D eigenvalue weighted by Gasteiger charge is 2.26. The zero-order valence-electron chi connectivity index (χ0n) is 27.1. The first-order chi connectivity index (χ1) is 25.3. The first kappa shape index (κ1) is 27.7. The van der Waals surface area contributed by atoms with Gasteiger partial charge in [0.2, 0.25) is 0 Å². The first-order valence-corrected chi connectivity index (χ1v) is 18.8. The fourth-order valence-electron chi connectivity index (χ4n) is 8.41. The van der Waals surface area contributed by atoms with E-state index in [1.165, 1.54) is 73.5 Å². The number of nitrogens with zero attached hydrogens (tertiary/aromatic N) is 3. The lowest BCUT2D eigenvalue weighted by molar-refractivity contribution is 1.09. The van der Waals surface area contributed by atoms with E-state index in [4.69, 9.17) is 9.97 Å². The lowest BCUT2D eigenvalue weighted by atomic mass is 9.98. The summed E-state index contributed by atoms with van der Waals surface area (Å²) in [5.74, 6) is 0.854. The van der Waals surface area contributed by atoms with E-state index in [2.05, 4.69) is 156 Å². The predicted molar refractivity (Wildman–Crippen MR) is 220 cm³/mol. The molecule has 51 heavy (non-hydrogen) atoms. The quantitative estimate of drug-likeness (QED) is 0.182. The molecule has 0 amide bonds. The van der Waals surface area contributed by atoms with Crippen molar-refractivity contribution in [2.45, 2.75) is 0 Å². The van der Waals surface area contributed by atoms with Gasteiger partial charge in [-0.1, -0.05) is 140 Å². The summed E-state index contributed by atoms with van der Waals surface area (Å²) >= 11 is 3.62. The summed E-state index contributed by atoms with van der Waals surface area (Å²) in [7, 11) is 0. The van der Waals surface area contributed by atoms with Crippen molar-refractivity contribution < 1.29 is 0 Å². The second-order valence-electron chi connectivity index (χ2n) is 13.3. The third kappa shape index (κ3) is 3.71. The number of para-hydroxylation sites is 1. The Balaban J connectivity index is 1.35. The molecule has 4 heterocycles. The highest BCUT2D eigenvalue weighted by atomic mass is 32.1. The Morgan fingerprint density at radius 3 is 1.92 bits per heavy atom. The van der Waals surface area contributed by atoms with Gasteiger partial charge in [0.05, 0.1) is 15.7 Å². The smallest absolute Gasteiger partial charge is 0.165 e. The third-order valence-electron chi connectivity index (χ3n) is 10.6. The van der Waals surface area contributed by atoms with Crippen molar-refractivity contribution in [3.8, 4) is 17.1 Å². The number of hydrogen-bond donors (Lipinski definition) is 0. The third-order valence-corrected chi connectivity index (χ3v) is 12.9. The zero-order valence-corrected chi connectivity index (χ0v) is 28.7. The maximum atomic E-state index is 5.70. The van der Waals surface area contributed by atoms with Gasteiger partial charge in [-0.25, -0.2) is 9.97 Å². The van der Waals surface area contributed by atoms with Crippen molar-refractivity contribution in [3.05, 3.63) is 152 Å². The lowest BCUT2D eigenvalue weighted by Gasteiger charge is -2.15. The standard InChI is InChI=1S/C46H25N3S2/c1-3-15-28-26(12-1)14-11-21-32(28)40-45(47-41-34-20-8-10-23-37(34)50-46(41)48-40)49-36-22-9-7-19-33(36)38-30-17-5-6-18-31(30)39-35-25-24-27-13-2-4-16-29(27)43(35)51-44(39)42(38)49/h1-25H. The molecule has 0 unspecified atom stereocenters. The minimum absolute atomic E-state index is 0.854. The molecule has 0 aliphatic rings.